The van der Waals surface area contributed by atoms with Gasteiger partial charge in [0.25, 0.3) is 0 Å². The SMILES string of the molecule is CCC.CNc1nc(C)nc2sc3c(c12)CCCC3. The minimum absolute atomic E-state index is 0.857. The van der Waals surface area contributed by atoms with Crippen LogP contribution in [0.5, 0.6) is 0 Å². The van der Waals surface area contributed by atoms with Crippen molar-refractivity contribution in [2.45, 2.75) is 52.9 Å². The van der Waals surface area contributed by atoms with Crippen LogP contribution in [-0.2, 0) is 12.8 Å². The van der Waals surface area contributed by atoms with Crippen LogP contribution in [-0.4, -0.2) is 17.0 Å². The molecule has 0 saturated heterocycles. The highest BCUT2D eigenvalue weighted by Crippen LogP contribution is 2.38. The highest BCUT2D eigenvalue weighted by atomic mass is 32.1. The van der Waals surface area contributed by atoms with E-state index in [1.54, 1.807) is 0 Å². The van der Waals surface area contributed by atoms with Gasteiger partial charge in [0.2, 0.25) is 0 Å². The molecule has 3 rings (SSSR count). The van der Waals surface area contributed by atoms with E-state index in [9.17, 15) is 0 Å². The van der Waals surface area contributed by atoms with Gasteiger partial charge in [0.15, 0.2) is 0 Å². The van der Waals surface area contributed by atoms with E-state index in [2.05, 4.69) is 29.1 Å². The number of fused-ring (bicyclic) bond motifs is 3. The fraction of sp³-hybridized carbons (Fsp3) is 0.600. The van der Waals surface area contributed by atoms with Crippen molar-refractivity contribution in [3.8, 4) is 0 Å². The number of anilines is 1. The molecule has 1 N–H and O–H groups in total. The molecule has 0 amide bonds. The largest absolute Gasteiger partial charge is 0.372 e. The first-order valence-corrected chi connectivity index (χ1v) is 7.99. The zero-order valence-electron chi connectivity index (χ0n) is 12.3. The maximum absolute atomic E-state index is 4.56. The average molecular weight is 277 g/mol. The zero-order valence-corrected chi connectivity index (χ0v) is 13.2. The number of aryl methyl sites for hydroxylation is 3. The molecule has 1 aliphatic rings. The fourth-order valence-electron chi connectivity index (χ4n) is 2.44. The van der Waals surface area contributed by atoms with Gasteiger partial charge in [-0.05, 0) is 38.2 Å². The van der Waals surface area contributed by atoms with Gasteiger partial charge in [-0.2, -0.15) is 0 Å². The Morgan fingerprint density at radius 2 is 1.84 bits per heavy atom. The highest BCUT2D eigenvalue weighted by Gasteiger charge is 2.19. The number of thiophene rings is 1. The molecule has 0 unspecified atom stereocenters. The summed E-state index contributed by atoms with van der Waals surface area (Å²) in [6.07, 6.45) is 6.28. The number of rotatable bonds is 1. The molecule has 0 bridgehead atoms. The lowest BCUT2D eigenvalue weighted by molar-refractivity contribution is 0.700. The number of aromatic nitrogens is 2. The molecule has 2 heterocycles. The van der Waals surface area contributed by atoms with E-state index in [-0.39, 0.29) is 0 Å². The molecule has 0 spiro atoms. The highest BCUT2D eigenvalue weighted by molar-refractivity contribution is 7.19. The molecule has 2 aromatic heterocycles. The van der Waals surface area contributed by atoms with Gasteiger partial charge in [0.05, 0.1) is 5.39 Å². The van der Waals surface area contributed by atoms with E-state index in [0.717, 1.165) is 16.5 Å². The predicted molar refractivity (Wildman–Crippen MR) is 84.3 cm³/mol. The van der Waals surface area contributed by atoms with Crippen molar-refractivity contribution >= 4 is 27.4 Å². The second-order valence-electron chi connectivity index (χ2n) is 4.97. The van der Waals surface area contributed by atoms with Crippen LogP contribution in [0.25, 0.3) is 10.2 Å². The van der Waals surface area contributed by atoms with Crippen molar-refractivity contribution in [2.24, 2.45) is 0 Å². The lowest BCUT2D eigenvalue weighted by atomic mass is 9.97. The van der Waals surface area contributed by atoms with E-state index in [1.807, 2.05) is 25.3 Å². The van der Waals surface area contributed by atoms with Gasteiger partial charge in [-0.25, -0.2) is 9.97 Å². The molecule has 2 aromatic rings. The Hall–Kier alpha value is -1.16. The van der Waals surface area contributed by atoms with Crippen LogP contribution in [0.4, 0.5) is 5.82 Å². The van der Waals surface area contributed by atoms with Crippen molar-refractivity contribution in [1.82, 2.24) is 9.97 Å². The van der Waals surface area contributed by atoms with Gasteiger partial charge in [-0.15, -0.1) is 11.3 Å². The van der Waals surface area contributed by atoms with Crippen molar-refractivity contribution < 1.29 is 0 Å². The Morgan fingerprint density at radius 1 is 1.16 bits per heavy atom. The minimum Gasteiger partial charge on any atom is -0.372 e. The monoisotopic (exact) mass is 277 g/mol. The zero-order chi connectivity index (χ0) is 13.8. The molecule has 0 fully saturated rings. The molecule has 1 aliphatic carbocycles. The quantitative estimate of drug-likeness (QED) is 0.842. The second kappa shape index (κ2) is 6.33. The minimum atomic E-state index is 0.857. The summed E-state index contributed by atoms with van der Waals surface area (Å²) in [5, 5.41) is 4.47. The number of nitrogens with one attached hydrogen (secondary N) is 1. The second-order valence-corrected chi connectivity index (χ2v) is 6.05. The van der Waals surface area contributed by atoms with Gasteiger partial charge < -0.3 is 5.32 Å². The molecule has 0 radical (unpaired) electrons. The number of hydrogen-bond donors (Lipinski definition) is 1. The first-order chi connectivity index (χ1) is 9.21. The van der Waals surface area contributed by atoms with Crippen molar-refractivity contribution in [3.05, 3.63) is 16.3 Å². The lowest BCUT2D eigenvalue weighted by Crippen LogP contribution is -2.01. The Bertz CT molecular complexity index is 560. The molecular formula is C15H23N3S. The van der Waals surface area contributed by atoms with E-state index in [0.29, 0.717) is 0 Å². The molecule has 19 heavy (non-hydrogen) atoms. The molecule has 4 heteroatoms. The maximum atomic E-state index is 4.56. The normalized spacial score (nSPS) is 13.7. The molecule has 3 nitrogen and oxygen atoms in total. The summed E-state index contributed by atoms with van der Waals surface area (Å²) in [6.45, 7) is 6.21. The van der Waals surface area contributed by atoms with Crippen LogP contribution in [0, 0.1) is 6.92 Å². The Labute approximate surface area is 119 Å². The Morgan fingerprint density at radius 3 is 2.53 bits per heavy atom. The fourth-order valence-corrected chi connectivity index (χ4v) is 3.75. The summed E-state index contributed by atoms with van der Waals surface area (Å²) in [6, 6.07) is 0. The summed E-state index contributed by atoms with van der Waals surface area (Å²) in [7, 11) is 1.94. The van der Waals surface area contributed by atoms with Gasteiger partial charge in [0.1, 0.15) is 16.5 Å². The third-order valence-corrected chi connectivity index (χ3v) is 4.35. The van der Waals surface area contributed by atoms with E-state index < -0.39 is 0 Å². The third-order valence-electron chi connectivity index (χ3n) is 3.16. The Balaban J connectivity index is 0.000000408. The van der Waals surface area contributed by atoms with Crippen LogP contribution in [0.15, 0.2) is 0 Å². The summed E-state index contributed by atoms with van der Waals surface area (Å²) >= 11 is 1.85. The van der Waals surface area contributed by atoms with E-state index in [4.69, 9.17) is 0 Å². The van der Waals surface area contributed by atoms with Crippen molar-refractivity contribution in [1.29, 1.82) is 0 Å². The van der Waals surface area contributed by atoms with E-state index >= 15 is 0 Å². The first-order valence-electron chi connectivity index (χ1n) is 7.17. The van der Waals surface area contributed by atoms with Crippen LogP contribution in [0.2, 0.25) is 0 Å². The molecule has 0 aliphatic heterocycles. The van der Waals surface area contributed by atoms with Gasteiger partial charge in [-0.3, -0.25) is 0 Å². The molecule has 104 valence electrons. The van der Waals surface area contributed by atoms with Crippen molar-refractivity contribution in [2.75, 3.05) is 12.4 Å². The standard InChI is InChI=1S/C12H15N3S.C3H8/c1-7-14-11(13-2)10-8-5-3-4-6-9(8)16-12(10)15-7;1-3-2/h3-6H2,1-2H3,(H,13,14,15);3H2,1-2H3. The summed E-state index contributed by atoms with van der Waals surface area (Å²) in [5.41, 5.74) is 1.50. The summed E-state index contributed by atoms with van der Waals surface area (Å²) in [4.78, 5) is 11.7. The maximum Gasteiger partial charge on any atom is 0.138 e. The van der Waals surface area contributed by atoms with E-state index in [1.165, 1.54) is 47.9 Å². The number of hydrogen-bond acceptors (Lipinski definition) is 4. The van der Waals surface area contributed by atoms with Gasteiger partial charge in [0, 0.05) is 11.9 Å². The van der Waals surface area contributed by atoms with Crippen LogP contribution in [0.1, 0.15) is 49.4 Å². The lowest BCUT2D eigenvalue weighted by Gasteiger charge is -2.11. The van der Waals surface area contributed by atoms with Gasteiger partial charge >= 0.3 is 0 Å². The van der Waals surface area contributed by atoms with Crippen molar-refractivity contribution in [3.63, 3.8) is 0 Å². The Kier molecular flexibility index (Phi) is 4.75. The van der Waals surface area contributed by atoms with Gasteiger partial charge in [-0.1, -0.05) is 20.3 Å². The summed E-state index contributed by atoms with van der Waals surface area (Å²) < 4.78 is 0. The first kappa shape index (κ1) is 14.3. The topological polar surface area (TPSA) is 37.8 Å². The average Bonchev–Trinajstić information content (AvgIpc) is 2.76. The molecule has 0 aromatic carbocycles. The molecule has 0 atom stereocenters. The molecular weight excluding hydrogens is 254 g/mol. The van der Waals surface area contributed by atoms with Crippen LogP contribution in [0.3, 0.4) is 0 Å². The summed E-state index contributed by atoms with van der Waals surface area (Å²) in [5.74, 6) is 1.86. The number of nitrogens with zero attached hydrogens (tertiary/aromatic N) is 2. The molecule has 0 saturated carbocycles. The van der Waals surface area contributed by atoms with Crippen LogP contribution >= 0.6 is 11.3 Å². The van der Waals surface area contributed by atoms with Crippen LogP contribution < -0.4 is 5.32 Å². The third kappa shape index (κ3) is 2.89. The smallest absolute Gasteiger partial charge is 0.138 e. The predicted octanol–water partition coefficient (Wildman–Crippen LogP) is 4.34.